The van der Waals surface area contributed by atoms with E-state index in [1.807, 2.05) is 0 Å². The van der Waals surface area contributed by atoms with Gasteiger partial charge in [-0.25, -0.2) is 9.78 Å². The average molecular weight is 276 g/mol. The number of carboxylic acids is 1. The second kappa shape index (κ2) is 6.81. The number of anilines is 1. The zero-order valence-electron chi connectivity index (χ0n) is 10.9. The molecular weight excluding hydrogens is 260 g/mol. The minimum atomic E-state index is -1.04. The molecular formula is C14H16N2O4. The Hall–Kier alpha value is -2.21. The summed E-state index contributed by atoms with van der Waals surface area (Å²) in [7, 11) is 0. The highest BCUT2D eigenvalue weighted by atomic mass is 16.5. The monoisotopic (exact) mass is 276 g/mol. The van der Waals surface area contributed by atoms with Crippen molar-refractivity contribution in [2.24, 2.45) is 5.92 Å². The Morgan fingerprint density at radius 3 is 2.80 bits per heavy atom. The second-order valence-corrected chi connectivity index (χ2v) is 4.50. The van der Waals surface area contributed by atoms with E-state index >= 15 is 0 Å². The molecule has 1 aromatic heterocycles. The van der Waals surface area contributed by atoms with Gasteiger partial charge >= 0.3 is 5.97 Å². The molecule has 0 spiro atoms. The Morgan fingerprint density at radius 1 is 1.35 bits per heavy atom. The summed E-state index contributed by atoms with van der Waals surface area (Å²) in [5.74, 6) is -0.735. The molecule has 0 saturated carbocycles. The molecule has 2 N–H and O–H groups in total. The topological polar surface area (TPSA) is 88.5 Å². The van der Waals surface area contributed by atoms with E-state index < -0.39 is 5.97 Å². The van der Waals surface area contributed by atoms with Gasteiger partial charge in [0.15, 0.2) is 0 Å². The lowest BCUT2D eigenvalue weighted by atomic mass is 9.99. The van der Waals surface area contributed by atoms with E-state index in [9.17, 15) is 9.59 Å². The maximum atomic E-state index is 12.0. The molecule has 2 rings (SSSR count). The Labute approximate surface area is 116 Å². The molecule has 2 heterocycles. The standard InChI is InChI=1S/C14H16N2O4/c17-13(18)5-4-11-2-1-3-12(15-11)16-14(19)10-6-8-20-9-7-10/h1-5,10H,6-9H2,(H,17,18)(H,15,16,19). The molecule has 0 radical (unpaired) electrons. The third kappa shape index (κ3) is 4.17. The largest absolute Gasteiger partial charge is 0.478 e. The number of ether oxygens (including phenoxy) is 1. The van der Waals surface area contributed by atoms with E-state index in [-0.39, 0.29) is 11.8 Å². The lowest BCUT2D eigenvalue weighted by molar-refractivity contribution is -0.131. The number of hydrogen-bond donors (Lipinski definition) is 2. The normalized spacial score (nSPS) is 16.2. The highest BCUT2D eigenvalue weighted by molar-refractivity contribution is 5.92. The number of aromatic nitrogens is 1. The van der Waals surface area contributed by atoms with Gasteiger partial charge in [-0.05, 0) is 31.1 Å². The number of rotatable bonds is 4. The highest BCUT2D eigenvalue weighted by Crippen LogP contribution is 2.17. The van der Waals surface area contributed by atoms with E-state index in [1.54, 1.807) is 18.2 Å². The summed E-state index contributed by atoms with van der Waals surface area (Å²) in [5.41, 5.74) is 0.483. The van der Waals surface area contributed by atoms with E-state index in [0.29, 0.717) is 37.6 Å². The van der Waals surface area contributed by atoms with Gasteiger partial charge in [0.25, 0.3) is 0 Å². The summed E-state index contributed by atoms with van der Waals surface area (Å²) < 4.78 is 5.21. The van der Waals surface area contributed by atoms with E-state index in [2.05, 4.69) is 10.3 Å². The maximum absolute atomic E-state index is 12.0. The highest BCUT2D eigenvalue weighted by Gasteiger charge is 2.21. The smallest absolute Gasteiger partial charge is 0.328 e. The molecule has 1 saturated heterocycles. The van der Waals surface area contributed by atoms with Crippen LogP contribution in [0.15, 0.2) is 24.3 Å². The van der Waals surface area contributed by atoms with Gasteiger partial charge in [0.1, 0.15) is 5.82 Å². The summed E-state index contributed by atoms with van der Waals surface area (Å²) >= 11 is 0. The van der Waals surface area contributed by atoms with Crippen LogP contribution in [0.4, 0.5) is 5.82 Å². The van der Waals surface area contributed by atoms with Gasteiger partial charge in [-0.3, -0.25) is 4.79 Å². The molecule has 6 nitrogen and oxygen atoms in total. The number of hydrogen-bond acceptors (Lipinski definition) is 4. The summed E-state index contributed by atoms with van der Waals surface area (Å²) in [4.78, 5) is 26.6. The number of amides is 1. The molecule has 20 heavy (non-hydrogen) atoms. The van der Waals surface area contributed by atoms with Crippen LogP contribution in [0.5, 0.6) is 0 Å². The van der Waals surface area contributed by atoms with Crippen molar-refractivity contribution in [3.8, 4) is 0 Å². The molecule has 0 atom stereocenters. The van der Waals surface area contributed by atoms with Gasteiger partial charge in [0, 0.05) is 25.2 Å². The minimum absolute atomic E-state index is 0.0521. The number of carboxylic acid groups (broad SMARTS) is 1. The summed E-state index contributed by atoms with van der Waals surface area (Å²) in [6, 6.07) is 5.06. The molecule has 1 aromatic rings. The number of carbonyl (C=O) groups is 2. The van der Waals surface area contributed by atoms with Crippen LogP contribution in [-0.4, -0.2) is 35.2 Å². The Morgan fingerprint density at radius 2 is 2.10 bits per heavy atom. The van der Waals surface area contributed by atoms with Crippen LogP contribution in [-0.2, 0) is 14.3 Å². The first-order valence-corrected chi connectivity index (χ1v) is 6.42. The number of carbonyl (C=O) groups excluding carboxylic acids is 1. The first kappa shape index (κ1) is 14.2. The number of pyridine rings is 1. The van der Waals surface area contributed by atoms with Gasteiger partial charge in [-0.2, -0.15) is 0 Å². The minimum Gasteiger partial charge on any atom is -0.478 e. The van der Waals surface area contributed by atoms with Gasteiger partial charge in [-0.15, -0.1) is 0 Å². The predicted octanol–water partition coefficient (Wildman–Crippen LogP) is 1.54. The number of nitrogens with one attached hydrogen (secondary N) is 1. The molecule has 1 amide bonds. The van der Waals surface area contributed by atoms with Crippen molar-refractivity contribution < 1.29 is 19.4 Å². The Balaban J connectivity index is 2.00. The first-order valence-electron chi connectivity index (χ1n) is 6.42. The predicted molar refractivity (Wildman–Crippen MR) is 73.1 cm³/mol. The van der Waals surface area contributed by atoms with Crippen molar-refractivity contribution in [3.05, 3.63) is 30.0 Å². The molecule has 0 aliphatic carbocycles. The zero-order chi connectivity index (χ0) is 14.4. The summed E-state index contributed by atoms with van der Waals surface area (Å²) in [6.07, 6.45) is 3.81. The molecule has 1 fully saturated rings. The number of nitrogens with zero attached hydrogens (tertiary/aromatic N) is 1. The lowest BCUT2D eigenvalue weighted by Crippen LogP contribution is -2.28. The van der Waals surface area contributed by atoms with Crippen LogP contribution in [0, 0.1) is 5.92 Å². The van der Waals surface area contributed by atoms with Crippen molar-refractivity contribution in [2.75, 3.05) is 18.5 Å². The number of aliphatic carboxylic acids is 1. The van der Waals surface area contributed by atoms with Crippen molar-refractivity contribution in [2.45, 2.75) is 12.8 Å². The first-order chi connectivity index (χ1) is 9.65. The van der Waals surface area contributed by atoms with Gasteiger partial charge in [-0.1, -0.05) is 6.07 Å². The lowest BCUT2D eigenvalue weighted by Gasteiger charge is -2.20. The second-order valence-electron chi connectivity index (χ2n) is 4.50. The van der Waals surface area contributed by atoms with Crippen LogP contribution in [0.25, 0.3) is 6.08 Å². The fourth-order valence-electron chi connectivity index (χ4n) is 1.96. The fraction of sp³-hybridized carbons (Fsp3) is 0.357. The van der Waals surface area contributed by atoms with E-state index in [1.165, 1.54) is 6.08 Å². The zero-order valence-corrected chi connectivity index (χ0v) is 10.9. The molecule has 0 aromatic carbocycles. The molecule has 0 bridgehead atoms. The summed E-state index contributed by atoms with van der Waals surface area (Å²) in [5, 5.41) is 11.3. The Kier molecular flexibility index (Phi) is 4.84. The van der Waals surface area contributed by atoms with Crippen LogP contribution < -0.4 is 5.32 Å². The Bertz CT molecular complexity index is 522. The molecule has 106 valence electrons. The van der Waals surface area contributed by atoms with Crippen molar-refractivity contribution in [1.29, 1.82) is 0 Å². The maximum Gasteiger partial charge on any atom is 0.328 e. The molecule has 6 heteroatoms. The van der Waals surface area contributed by atoms with Crippen LogP contribution >= 0.6 is 0 Å². The van der Waals surface area contributed by atoms with E-state index in [0.717, 1.165) is 6.08 Å². The third-order valence-electron chi connectivity index (χ3n) is 3.01. The van der Waals surface area contributed by atoms with Crippen molar-refractivity contribution >= 4 is 23.8 Å². The van der Waals surface area contributed by atoms with Gasteiger partial charge in [0.05, 0.1) is 5.69 Å². The van der Waals surface area contributed by atoms with Crippen molar-refractivity contribution in [1.82, 2.24) is 4.98 Å². The third-order valence-corrected chi connectivity index (χ3v) is 3.01. The summed E-state index contributed by atoms with van der Waals surface area (Å²) in [6.45, 7) is 1.21. The van der Waals surface area contributed by atoms with Crippen molar-refractivity contribution in [3.63, 3.8) is 0 Å². The van der Waals surface area contributed by atoms with Crippen LogP contribution in [0.3, 0.4) is 0 Å². The fourth-order valence-corrected chi connectivity index (χ4v) is 1.96. The van der Waals surface area contributed by atoms with Gasteiger partial charge < -0.3 is 15.2 Å². The molecule has 1 aliphatic heterocycles. The van der Waals surface area contributed by atoms with Crippen LogP contribution in [0.1, 0.15) is 18.5 Å². The molecule has 0 unspecified atom stereocenters. The average Bonchev–Trinajstić information content (AvgIpc) is 2.46. The SMILES string of the molecule is O=C(O)C=Cc1cccc(NC(=O)C2CCOCC2)n1. The quantitative estimate of drug-likeness (QED) is 0.814. The molecule has 1 aliphatic rings. The van der Waals surface area contributed by atoms with Crippen LogP contribution in [0.2, 0.25) is 0 Å². The van der Waals surface area contributed by atoms with Gasteiger partial charge in [0.2, 0.25) is 5.91 Å². The van der Waals surface area contributed by atoms with E-state index in [4.69, 9.17) is 9.84 Å².